The molecule has 1 aliphatic heterocycles. The lowest BCUT2D eigenvalue weighted by Crippen LogP contribution is -2.35. The Morgan fingerprint density at radius 1 is 1.19 bits per heavy atom. The Hall–Kier alpha value is -2.35. The van der Waals surface area contributed by atoms with Gasteiger partial charge >= 0.3 is 0 Å². The average molecular weight is 465 g/mol. The van der Waals surface area contributed by atoms with E-state index in [0.29, 0.717) is 41.0 Å². The smallest absolute Gasteiger partial charge is 0.145 e. The van der Waals surface area contributed by atoms with Gasteiger partial charge in [-0.15, -0.1) is 11.6 Å². The maximum absolute atomic E-state index is 13.6. The normalized spacial score (nSPS) is 15.2. The second kappa shape index (κ2) is 9.85. The van der Waals surface area contributed by atoms with Crippen molar-refractivity contribution in [2.45, 2.75) is 18.9 Å². The van der Waals surface area contributed by atoms with Crippen molar-refractivity contribution in [3.63, 3.8) is 0 Å². The quantitative estimate of drug-likeness (QED) is 0.481. The van der Waals surface area contributed by atoms with Crippen LogP contribution in [0.2, 0.25) is 5.02 Å². The van der Waals surface area contributed by atoms with Crippen LogP contribution in [0.3, 0.4) is 0 Å². The lowest BCUT2D eigenvalue weighted by Gasteiger charge is -2.30. The fraction of sp³-hybridized carbons (Fsp3) is 0.364. The first-order valence-corrected chi connectivity index (χ1v) is 11.0. The van der Waals surface area contributed by atoms with E-state index in [4.69, 9.17) is 32.7 Å². The number of halogens is 3. The van der Waals surface area contributed by atoms with Gasteiger partial charge in [0.05, 0.1) is 21.8 Å². The van der Waals surface area contributed by atoms with E-state index in [9.17, 15) is 4.39 Å². The zero-order valence-electron chi connectivity index (χ0n) is 17.1. The Morgan fingerprint density at radius 3 is 2.74 bits per heavy atom. The number of anilines is 2. The van der Waals surface area contributed by atoms with Crippen molar-refractivity contribution in [1.82, 2.24) is 14.9 Å². The van der Waals surface area contributed by atoms with Crippen LogP contribution < -0.4 is 14.8 Å². The van der Waals surface area contributed by atoms with Gasteiger partial charge in [-0.1, -0.05) is 11.6 Å². The van der Waals surface area contributed by atoms with Crippen molar-refractivity contribution >= 4 is 45.6 Å². The van der Waals surface area contributed by atoms with E-state index < -0.39 is 5.82 Å². The Morgan fingerprint density at radius 2 is 2.00 bits per heavy atom. The molecule has 0 amide bonds. The zero-order valence-corrected chi connectivity index (χ0v) is 18.6. The summed E-state index contributed by atoms with van der Waals surface area (Å²) in [5.41, 5.74) is 1.28. The number of aromatic nitrogens is 2. The molecule has 9 heteroatoms. The number of nitrogens with zero attached hydrogens (tertiary/aromatic N) is 3. The van der Waals surface area contributed by atoms with Crippen LogP contribution in [0.15, 0.2) is 36.7 Å². The summed E-state index contributed by atoms with van der Waals surface area (Å²) in [7, 11) is 2.11. The minimum absolute atomic E-state index is 0.0305. The highest BCUT2D eigenvalue weighted by Crippen LogP contribution is 2.37. The van der Waals surface area contributed by atoms with E-state index in [-0.39, 0.29) is 11.1 Å². The number of alkyl halides is 1. The first kappa shape index (κ1) is 21.9. The van der Waals surface area contributed by atoms with Crippen LogP contribution in [0.4, 0.5) is 15.9 Å². The number of fused-ring (bicyclic) bond motifs is 1. The number of hydrogen-bond acceptors (Lipinski definition) is 6. The molecule has 0 radical (unpaired) electrons. The molecular formula is C22H23Cl2FN4O2. The topological polar surface area (TPSA) is 59.5 Å². The molecule has 0 bridgehead atoms. The Labute approximate surface area is 190 Å². The molecule has 0 unspecified atom stereocenters. The summed E-state index contributed by atoms with van der Waals surface area (Å²) >= 11 is 11.7. The number of likely N-dealkylation sites (tertiary alicyclic amines) is 1. The van der Waals surface area contributed by atoms with Gasteiger partial charge < -0.3 is 19.7 Å². The molecule has 31 heavy (non-hydrogen) atoms. The highest BCUT2D eigenvalue weighted by atomic mass is 35.5. The number of nitrogens with one attached hydrogen (secondary N) is 1. The van der Waals surface area contributed by atoms with E-state index in [1.165, 1.54) is 18.5 Å². The molecule has 2 aromatic carbocycles. The van der Waals surface area contributed by atoms with Gasteiger partial charge in [0.25, 0.3) is 0 Å². The Kier molecular flexibility index (Phi) is 6.95. The summed E-state index contributed by atoms with van der Waals surface area (Å²) < 4.78 is 25.7. The van der Waals surface area contributed by atoms with E-state index in [0.717, 1.165) is 31.3 Å². The lowest BCUT2D eigenvalue weighted by atomic mass is 10.1. The van der Waals surface area contributed by atoms with Crippen LogP contribution in [-0.4, -0.2) is 53.6 Å². The molecule has 4 rings (SSSR count). The maximum atomic E-state index is 13.6. The lowest BCUT2D eigenvalue weighted by molar-refractivity contribution is 0.115. The minimum Gasteiger partial charge on any atom is -0.492 e. The third kappa shape index (κ3) is 5.29. The summed E-state index contributed by atoms with van der Waals surface area (Å²) in [4.78, 5) is 11.1. The van der Waals surface area contributed by atoms with Gasteiger partial charge in [0.15, 0.2) is 0 Å². The number of hydrogen-bond donors (Lipinski definition) is 1. The second-order valence-corrected chi connectivity index (χ2v) is 8.23. The number of piperidine rings is 1. The average Bonchev–Trinajstić information content (AvgIpc) is 2.76. The second-order valence-electron chi connectivity index (χ2n) is 7.45. The molecule has 1 aromatic heterocycles. The molecule has 1 saturated heterocycles. The van der Waals surface area contributed by atoms with Crippen molar-refractivity contribution in [2.24, 2.45) is 0 Å². The van der Waals surface area contributed by atoms with Gasteiger partial charge in [-0.3, -0.25) is 0 Å². The van der Waals surface area contributed by atoms with Crippen molar-refractivity contribution in [3.05, 3.63) is 47.5 Å². The van der Waals surface area contributed by atoms with Gasteiger partial charge in [0.1, 0.15) is 42.2 Å². The fourth-order valence-electron chi connectivity index (χ4n) is 3.55. The van der Waals surface area contributed by atoms with E-state index in [2.05, 4.69) is 27.2 Å². The predicted octanol–water partition coefficient (Wildman–Crippen LogP) is 5.26. The van der Waals surface area contributed by atoms with Crippen LogP contribution >= 0.6 is 23.2 Å². The SMILES string of the molecule is CN1CCC(Oc2cc(OCCCl)cc3ncnc(Nc4ccc(F)c(Cl)c4)c23)CC1. The molecule has 0 atom stereocenters. The van der Waals surface area contributed by atoms with E-state index >= 15 is 0 Å². The van der Waals surface area contributed by atoms with Gasteiger partial charge in [-0.05, 0) is 38.1 Å². The minimum atomic E-state index is -0.480. The number of benzene rings is 2. The van der Waals surface area contributed by atoms with Crippen LogP contribution in [0, 0.1) is 5.82 Å². The van der Waals surface area contributed by atoms with Crippen molar-refractivity contribution in [2.75, 3.05) is 37.9 Å². The zero-order chi connectivity index (χ0) is 21.8. The largest absolute Gasteiger partial charge is 0.492 e. The number of ether oxygens (including phenoxy) is 2. The summed E-state index contributed by atoms with van der Waals surface area (Å²) in [5.74, 6) is 1.70. The summed E-state index contributed by atoms with van der Waals surface area (Å²) in [6.07, 6.45) is 3.39. The number of rotatable bonds is 7. The summed E-state index contributed by atoms with van der Waals surface area (Å²) in [6.45, 7) is 2.33. The van der Waals surface area contributed by atoms with Crippen LogP contribution in [0.25, 0.3) is 10.9 Å². The third-order valence-corrected chi connectivity index (χ3v) is 5.61. The molecule has 1 N–H and O–H groups in total. The van der Waals surface area contributed by atoms with Crippen molar-refractivity contribution in [3.8, 4) is 11.5 Å². The van der Waals surface area contributed by atoms with Gasteiger partial charge in [0.2, 0.25) is 0 Å². The molecule has 3 aromatic rings. The first-order valence-electron chi connectivity index (χ1n) is 10.1. The fourth-order valence-corrected chi connectivity index (χ4v) is 3.81. The molecule has 0 spiro atoms. The van der Waals surface area contributed by atoms with Gasteiger partial charge in [-0.2, -0.15) is 0 Å². The molecule has 0 aliphatic carbocycles. The molecule has 2 heterocycles. The van der Waals surface area contributed by atoms with Crippen molar-refractivity contribution in [1.29, 1.82) is 0 Å². The molecule has 1 fully saturated rings. The monoisotopic (exact) mass is 464 g/mol. The molecule has 6 nitrogen and oxygen atoms in total. The van der Waals surface area contributed by atoms with E-state index in [1.54, 1.807) is 6.07 Å². The third-order valence-electron chi connectivity index (χ3n) is 5.16. The first-order chi connectivity index (χ1) is 15.0. The van der Waals surface area contributed by atoms with Crippen LogP contribution in [-0.2, 0) is 0 Å². The summed E-state index contributed by atoms with van der Waals surface area (Å²) in [6, 6.07) is 8.10. The van der Waals surface area contributed by atoms with Gasteiger partial charge in [0, 0.05) is 30.9 Å². The van der Waals surface area contributed by atoms with Crippen LogP contribution in [0.1, 0.15) is 12.8 Å². The Balaban J connectivity index is 1.72. The standard InChI is InChI=1S/C22H23Cl2FN4O2/c1-29-7-4-15(5-8-29)31-20-12-16(30-9-6-23)11-19-21(20)22(27-13-26-19)28-14-2-3-18(25)17(24)10-14/h2-3,10-13,15H,4-9H2,1H3,(H,26,27,28). The predicted molar refractivity (Wildman–Crippen MR) is 122 cm³/mol. The summed E-state index contributed by atoms with van der Waals surface area (Å²) in [5, 5.41) is 3.96. The Bertz CT molecular complexity index is 1060. The maximum Gasteiger partial charge on any atom is 0.145 e. The molecule has 0 saturated carbocycles. The highest BCUT2D eigenvalue weighted by Gasteiger charge is 2.21. The van der Waals surface area contributed by atoms with Crippen molar-refractivity contribution < 1.29 is 13.9 Å². The highest BCUT2D eigenvalue weighted by molar-refractivity contribution is 6.31. The van der Waals surface area contributed by atoms with E-state index in [1.807, 2.05) is 12.1 Å². The molecule has 164 valence electrons. The van der Waals surface area contributed by atoms with Gasteiger partial charge in [-0.25, -0.2) is 14.4 Å². The molecule has 1 aliphatic rings. The molecular weight excluding hydrogens is 442 g/mol. The van der Waals surface area contributed by atoms with Crippen LogP contribution in [0.5, 0.6) is 11.5 Å².